The van der Waals surface area contributed by atoms with Crippen molar-refractivity contribution in [1.29, 1.82) is 0 Å². The number of aryl methyl sites for hydroxylation is 1. The molecule has 1 aromatic carbocycles. The monoisotopic (exact) mass is 287 g/mol. The molecule has 1 aliphatic heterocycles. The molecule has 0 atom stereocenters. The quantitative estimate of drug-likeness (QED) is 0.917. The minimum absolute atomic E-state index is 0.348. The van der Waals surface area contributed by atoms with Crippen molar-refractivity contribution in [3.63, 3.8) is 0 Å². The second-order valence-corrected chi connectivity index (χ2v) is 5.56. The van der Waals surface area contributed by atoms with Crippen molar-refractivity contribution in [3.05, 3.63) is 29.6 Å². The number of benzene rings is 1. The lowest BCUT2D eigenvalue weighted by Gasteiger charge is -2.16. The zero-order valence-corrected chi connectivity index (χ0v) is 12.4. The number of aromatic carboxylic acids is 1. The summed E-state index contributed by atoms with van der Waals surface area (Å²) in [5, 5.41) is 9.42. The number of carboxylic acids is 1. The molecular formula is C16H21N3O2. The number of carbonyl (C=O) groups is 1. The van der Waals surface area contributed by atoms with Gasteiger partial charge < -0.3 is 14.6 Å². The van der Waals surface area contributed by atoms with Crippen LogP contribution in [0.3, 0.4) is 0 Å². The van der Waals surface area contributed by atoms with E-state index in [2.05, 4.69) is 21.4 Å². The highest BCUT2D eigenvalue weighted by Gasteiger charge is 2.18. The van der Waals surface area contributed by atoms with Gasteiger partial charge in [-0.2, -0.15) is 0 Å². The Bertz CT molecular complexity index is 657. The zero-order valence-electron chi connectivity index (χ0n) is 12.4. The third-order valence-corrected chi connectivity index (χ3v) is 4.23. The van der Waals surface area contributed by atoms with Crippen molar-refractivity contribution in [3.8, 4) is 0 Å². The first kappa shape index (κ1) is 14.1. The average Bonchev–Trinajstić information content (AvgIpc) is 3.11. The number of carboxylic acid groups (broad SMARTS) is 1. The lowest BCUT2D eigenvalue weighted by Crippen LogP contribution is -2.25. The largest absolute Gasteiger partial charge is 0.478 e. The zero-order chi connectivity index (χ0) is 14.8. The summed E-state index contributed by atoms with van der Waals surface area (Å²) in [4.78, 5) is 18.5. The van der Waals surface area contributed by atoms with Crippen molar-refractivity contribution in [2.75, 3.05) is 19.6 Å². The van der Waals surface area contributed by atoms with E-state index in [1.165, 1.54) is 12.8 Å². The summed E-state index contributed by atoms with van der Waals surface area (Å²) in [6, 6.07) is 5.33. The standard InChI is InChI=1S/C16H21N3O2/c1-2-14-17-13-7-5-6-12(16(20)21)15(13)19(14)11-10-18-8-3-4-9-18/h5-7H,2-4,8-11H2,1H3,(H,20,21). The van der Waals surface area contributed by atoms with E-state index in [9.17, 15) is 9.90 Å². The number of imidazole rings is 1. The number of aromatic nitrogens is 2. The van der Waals surface area contributed by atoms with Gasteiger partial charge >= 0.3 is 5.97 Å². The molecule has 0 amide bonds. The Kier molecular flexibility index (Phi) is 3.92. The second-order valence-electron chi connectivity index (χ2n) is 5.56. The Morgan fingerprint density at radius 1 is 1.29 bits per heavy atom. The van der Waals surface area contributed by atoms with Crippen molar-refractivity contribution < 1.29 is 9.90 Å². The van der Waals surface area contributed by atoms with Crippen LogP contribution in [0.2, 0.25) is 0 Å². The molecule has 0 aliphatic carbocycles. The first-order valence-corrected chi connectivity index (χ1v) is 7.64. The molecule has 0 bridgehead atoms. The SMILES string of the molecule is CCc1nc2cccc(C(=O)O)c2n1CCN1CCCC1. The van der Waals surface area contributed by atoms with E-state index in [-0.39, 0.29) is 0 Å². The van der Waals surface area contributed by atoms with Crippen molar-refractivity contribution in [2.45, 2.75) is 32.7 Å². The maximum atomic E-state index is 11.5. The summed E-state index contributed by atoms with van der Waals surface area (Å²) in [6.45, 7) is 6.14. The van der Waals surface area contributed by atoms with Gasteiger partial charge in [-0.1, -0.05) is 13.0 Å². The van der Waals surface area contributed by atoms with Crippen molar-refractivity contribution >= 4 is 17.0 Å². The molecule has 1 N–H and O–H groups in total. The van der Waals surface area contributed by atoms with E-state index in [1.807, 2.05) is 6.07 Å². The maximum absolute atomic E-state index is 11.5. The highest BCUT2D eigenvalue weighted by Crippen LogP contribution is 2.21. The molecule has 0 unspecified atom stereocenters. The van der Waals surface area contributed by atoms with E-state index >= 15 is 0 Å². The lowest BCUT2D eigenvalue weighted by atomic mass is 10.2. The van der Waals surface area contributed by atoms with Gasteiger partial charge in [-0.15, -0.1) is 0 Å². The summed E-state index contributed by atoms with van der Waals surface area (Å²) in [5.74, 6) is 0.0865. The topological polar surface area (TPSA) is 58.4 Å². The molecule has 2 heterocycles. The predicted octanol–water partition coefficient (Wildman–Crippen LogP) is 2.39. The fourth-order valence-electron chi connectivity index (χ4n) is 3.16. The van der Waals surface area contributed by atoms with Crippen LogP contribution in [0.5, 0.6) is 0 Å². The first-order valence-electron chi connectivity index (χ1n) is 7.64. The van der Waals surface area contributed by atoms with Gasteiger partial charge in [0.05, 0.1) is 16.6 Å². The Morgan fingerprint density at radius 3 is 2.71 bits per heavy atom. The third-order valence-electron chi connectivity index (χ3n) is 4.23. The maximum Gasteiger partial charge on any atom is 0.337 e. The minimum atomic E-state index is -0.884. The van der Waals surface area contributed by atoms with E-state index < -0.39 is 5.97 Å². The van der Waals surface area contributed by atoms with Crippen molar-refractivity contribution in [1.82, 2.24) is 14.5 Å². The molecular weight excluding hydrogens is 266 g/mol. The molecule has 1 saturated heterocycles. The predicted molar refractivity (Wildman–Crippen MR) is 81.7 cm³/mol. The van der Waals surface area contributed by atoms with Gasteiger partial charge in [-0.3, -0.25) is 0 Å². The van der Waals surface area contributed by atoms with Crippen LogP contribution in [0, 0.1) is 0 Å². The Hall–Kier alpha value is -1.88. The fourth-order valence-corrected chi connectivity index (χ4v) is 3.16. The van der Waals surface area contributed by atoms with Crippen LogP contribution in [0.4, 0.5) is 0 Å². The van der Waals surface area contributed by atoms with Crippen LogP contribution in [-0.4, -0.2) is 45.2 Å². The summed E-state index contributed by atoms with van der Waals surface area (Å²) >= 11 is 0. The highest BCUT2D eigenvalue weighted by atomic mass is 16.4. The minimum Gasteiger partial charge on any atom is -0.478 e. The van der Waals surface area contributed by atoms with Crippen LogP contribution in [0.25, 0.3) is 11.0 Å². The fraction of sp³-hybridized carbons (Fsp3) is 0.500. The molecule has 5 nitrogen and oxygen atoms in total. The van der Waals surface area contributed by atoms with Crippen molar-refractivity contribution in [2.24, 2.45) is 0 Å². The first-order chi connectivity index (χ1) is 10.2. The smallest absolute Gasteiger partial charge is 0.337 e. The number of likely N-dealkylation sites (tertiary alicyclic amines) is 1. The van der Waals surface area contributed by atoms with E-state index in [1.54, 1.807) is 12.1 Å². The summed E-state index contributed by atoms with van der Waals surface area (Å²) in [6.07, 6.45) is 3.35. The molecule has 112 valence electrons. The number of fused-ring (bicyclic) bond motifs is 1. The molecule has 5 heteroatoms. The summed E-state index contributed by atoms with van der Waals surface area (Å²) in [5.41, 5.74) is 1.90. The van der Waals surface area contributed by atoms with E-state index in [0.29, 0.717) is 5.56 Å². The summed E-state index contributed by atoms with van der Waals surface area (Å²) in [7, 11) is 0. The molecule has 2 aromatic rings. The highest BCUT2D eigenvalue weighted by molar-refractivity contribution is 6.01. The van der Waals surface area contributed by atoms with Crippen LogP contribution >= 0.6 is 0 Å². The van der Waals surface area contributed by atoms with Gasteiger partial charge in [0.2, 0.25) is 0 Å². The molecule has 0 saturated carbocycles. The Balaban J connectivity index is 1.99. The Morgan fingerprint density at radius 2 is 2.05 bits per heavy atom. The number of para-hydroxylation sites is 1. The van der Waals surface area contributed by atoms with Gasteiger partial charge in [-0.05, 0) is 38.1 Å². The van der Waals surface area contributed by atoms with Gasteiger partial charge in [0.25, 0.3) is 0 Å². The van der Waals surface area contributed by atoms with E-state index in [4.69, 9.17) is 0 Å². The molecule has 21 heavy (non-hydrogen) atoms. The van der Waals surface area contributed by atoms with Gasteiger partial charge in [0.15, 0.2) is 0 Å². The lowest BCUT2D eigenvalue weighted by molar-refractivity contribution is 0.0698. The van der Waals surface area contributed by atoms with Gasteiger partial charge in [0.1, 0.15) is 5.82 Å². The molecule has 1 fully saturated rings. The average molecular weight is 287 g/mol. The normalized spacial score (nSPS) is 15.9. The van der Waals surface area contributed by atoms with Crippen LogP contribution in [-0.2, 0) is 13.0 Å². The molecule has 0 radical (unpaired) electrons. The molecule has 1 aromatic heterocycles. The van der Waals surface area contributed by atoms with Gasteiger partial charge in [-0.25, -0.2) is 9.78 Å². The second kappa shape index (κ2) is 5.85. The number of hydrogen-bond donors (Lipinski definition) is 1. The number of hydrogen-bond acceptors (Lipinski definition) is 3. The van der Waals surface area contributed by atoms with Gasteiger partial charge in [0, 0.05) is 19.5 Å². The number of nitrogens with zero attached hydrogens (tertiary/aromatic N) is 3. The number of rotatable bonds is 5. The molecule has 1 aliphatic rings. The summed E-state index contributed by atoms with van der Waals surface area (Å²) < 4.78 is 2.09. The van der Waals surface area contributed by atoms with Crippen LogP contribution < -0.4 is 0 Å². The third kappa shape index (κ3) is 2.65. The molecule has 0 spiro atoms. The molecule has 3 rings (SSSR count). The Labute approximate surface area is 124 Å². The van der Waals surface area contributed by atoms with E-state index in [0.717, 1.165) is 49.5 Å². The van der Waals surface area contributed by atoms with Crippen LogP contribution in [0.1, 0.15) is 35.9 Å². The van der Waals surface area contributed by atoms with Crippen LogP contribution in [0.15, 0.2) is 18.2 Å².